The molecule has 6 nitrogen and oxygen atoms in total. The Morgan fingerprint density at radius 3 is 2.60 bits per heavy atom. The Hall–Kier alpha value is -1.70. The fourth-order valence-electron chi connectivity index (χ4n) is 1.70. The first-order valence-corrected chi connectivity index (χ1v) is 7.55. The number of aryl methyl sites for hydroxylation is 1. The fourth-order valence-corrected chi connectivity index (χ4v) is 2.84. The van der Waals surface area contributed by atoms with E-state index in [1.807, 2.05) is 0 Å². The van der Waals surface area contributed by atoms with Gasteiger partial charge in [0.1, 0.15) is 11.5 Å². The van der Waals surface area contributed by atoms with Crippen LogP contribution >= 0.6 is 0 Å². The van der Waals surface area contributed by atoms with E-state index in [-0.39, 0.29) is 11.6 Å². The van der Waals surface area contributed by atoms with Crippen molar-refractivity contribution in [1.29, 1.82) is 0 Å². The minimum Gasteiger partial charge on any atom is -0.465 e. The Bertz CT molecular complexity index is 677. The molecule has 2 rings (SSSR count). The minimum absolute atomic E-state index is 0.0928. The van der Waals surface area contributed by atoms with E-state index < -0.39 is 16.1 Å². The minimum atomic E-state index is -3.73. The van der Waals surface area contributed by atoms with Crippen LogP contribution < -0.4 is 4.72 Å². The molecule has 0 aromatic carbocycles. The second-order valence-corrected chi connectivity index (χ2v) is 6.12. The highest BCUT2D eigenvalue weighted by Crippen LogP contribution is 2.18. The molecule has 0 aliphatic rings. The van der Waals surface area contributed by atoms with E-state index in [1.165, 1.54) is 18.3 Å². The van der Waals surface area contributed by atoms with Crippen molar-refractivity contribution in [3.05, 3.63) is 47.5 Å². The number of hydrogen-bond acceptors (Lipinski definition) is 5. The van der Waals surface area contributed by atoms with E-state index in [0.29, 0.717) is 11.3 Å². The molecule has 0 amide bonds. The van der Waals surface area contributed by atoms with Crippen molar-refractivity contribution in [2.75, 3.05) is 0 Å². The number of sulfonamides is 1. The number of hydrogen-bond donors (Lipinski definition) is 2. The second kappa shape index (κ2) is 5.74. The topological polar surface area (TPSA) is 92.4 Å². The average Bonchev–Trinajstić information content (AvgIpc) is 2.85. The number of nitrogens with zero attached hydrogens (tertiary/aromatic N) is 1. The van der Waals surface area contributed by atoms with Crippen LogP contribution in [0.2, 0.25) is 0 Å². The highest BCUT2D eigenvalue weighted by Gasteiger charge is 2.21. The van der Waals surface area contributed by atoms with Gasteiger partial charge in [0.05, 0.1) is 12.6 Å². The van der Waals surface area contributed by atoms with Gasteiger partial charge in [0, 0.05) is 6.20 Å². The molecule has 0 spiro atoms. The van der Waals surface area contributed by atoms with E-state index in [9.17, 15) is 8.42 Å². The largest absolute Gasteiger partial charge is 0.465 e. The number of aliphatic hydroxyl groups excluding tert-OH is 1. The number of nitrogens with one attached hydrogen (secondary N) is 1. The standard InChI is InChI=1S/C13H16N2O4S/c1-9-3-5-12(19-9)10(2)15-20(17,18)13-6-4-11(8-16)7-14-13/h3-7,10,15-16H,8H2,1-2H3. The van der Waals surface area contributed by atoms with Gasteiger partial charge in [-0.2, -0.15) is 4.72 Å². The molecular formula is C13H16N2O4S. The van der Waals surface area contributed by atoms with Gasteiger partial charge in [-0.25, -0.2) is 13.4 Å². The first-order valence-electron chi connectivity index (χ1n) is 6.07. The fraction of sp³-hybridized carbons (Fsp3) is 0.308. The van der Waals surface area contributed by atoms with Crippen LogP contribution in [0.4, 0.5) is 0 Å². The van der Waals surface area contributed by atoms with Gasteiger partial charge in [0.2, 0.25) is 0 Å². The van der Waals surface area contributed by atoms with Crippen LogP contribution in [0.25, 0.3) is 0 Å². The number of aromatic nitrogens is 1. The lowest BCUT2D eigenvalue weighted by Gasteiger charge is -2.11. The van der Waals surface area contributed by atoms with Gasteiger partial charge in [0.15, 0.2) is 5.03 Å². The van der Waals surface area contributed by atoms with Crippen molar-refractivity contribution in [2.24, 2.45) is 0 Å². The maximum Gasteiger partial charge on any atom is 0.258 e. The molecule has 2 aromatic rings. The molecule has 1 atom stereocenters. The van der Waals surface area contributed by atoms with Crippen LogP contribution in [0, 0.1) is 6.92 Å². The summed E-state index contributed by atoms with van der Waals surface area (Å²) in [5, 5.41) is 8.82. The summed E-state index contributed by atoms with van der Waals surface area (Å²) in [5.74, 6) is 1.26. The summed E-state index contributed by atoms with van der Waals surface area (Å²) >= 11 is 0. The number of furan rings is 1. The van der Waals surface area contributed by atoms with Crippen molar-refractivity contribution in [3.8, 4) is 0 Å². The third-order valence-electron chi connectivity index (χ3n) is 2.78. The van der Waals surface area contributed by atoms with Crippen molar-refractivity contribution in [1.82, 2.24) is 9.71 Å². The van der Waals surface area contributed by atoms with Gasteiger partial charge >= 0.3 is 0 Å². The molecule has 20 heavy (non-hydrogen) atoms. The number of pyridine rings is 1. The molecule has 0 aliphatic carbocycles. The highest BCUT2D eigenvalue weighted by molar-refractivity contribution is 7.89. The van der Waals surface area contributed by atoms with E-state index in [4.69, 9.17) is 9.52 Å². The molecule has 7 heteroatoms. The van der Waals surface area contributed by atoms with Crippen LogP contribution in [-0.2, 0) is 16.6 Å². The molecule has 2 N–H and O–H groups in total. The summed E-state index contributed by atoms with van der Waals surface area (Å²) in [5.41, 5.74) is 0.554. The van der Waals surface area contributed by atoms with Crippen molar-refractivity contribution >= 4 is 10.0 Å². The van der Waals surface area contributed by atoms with Gasteiger partial charge < -0.3 is 9.52 Å². The quantitative estimate of drug-likeness (QED) is 0.872. The molecule has 2 aromatic heterocycles. The monoisotopic (exact) mass is 296 g/mol. The summed E-state index contributed by atoms with van der Waals surface area (Å²) in [4.78, 5) is 3.83. The Morgan fingerprint density at radius 2 is 2.10 bits per heavy atom. The van der Waals surface area contributed by atoms with Crippen LogP contribution in [0.15, 0.2) is 39.9 Å². The molecular weight excluding hydrogens is 280 g/mol. The molecule has 2 heterocycles. The predicted molar refractivity (Wildman–Crippen MR) is 72.3 cm³/mol. The molecule has 0 saturated carbocycles. The van der Waals surface area contributed by atoms with E-state index in [1.54, 1.807) is 26.0 Å². The zero-order chi connectivity index (χ0) is 14.8. The van der Waals surface area contributed by atoms with Gasteiger partial charge in [-0.1, -0.05) is 6.07 Å². The first kappa shape index (κ1) is 14.7. The maximum absolute atomic E-state index is 12.1. The summed E-state index contributed by atoms with van der Waals surface area (Å²) < 4.78 is 32.2. The maximum atomic E-state index is 12.1. The lowest BCUT2D eigenvalue weighted by atomic mass is 10.3. The Balaban J connectivity index is 2.17. The first-order chi connectivity index (χ1) is 9.42. The van der Waals surface area contributed by atoms with Crippen LogP contribution in [0.3, 0.4) is 0 Å². The SMILES string of the molecule is Cc1ccc(C(C)NS(=O)(=O)c2ccc(CO)cn2)o1. The molecule has 0 aliphatic heterocycles. The van der Waals surface area contributed by atoms with E-state index in [2.05, 4.69) is 9.71 Å². The van der Waals surface area contributed by atoms with Crippen molar-refractivity contribution in [3.63, 3.8) is 0 Å². The van der Waals surface area contributed by atoms with Gasteiger partial charge in [0.25, 0.3) is 10.0 Å². The Morgan fingerprint density at radius 1 is 1.35 bits per heavy atom. The van der Waals surface area contributed by atoms with Gasteiger partial charge in [-0.05, 0) is 37.6 Å². The number of aliphatic hydroxyl groups is 1. The molecule has 0 saturated heterocycles. The van der Waals surface area contributed by atoms with Crippen LogP contribution in [0.1, 0.15) is 30.0 Å². The Labute approximate surface area is 117 Å². The van der Waals surface area contributed by atoms with Gasteiger partial charge in [-0.3, -0.25) is 0 Å². The average molecular weight is 296 g/mol. The molecule has 1 unspecified atom stereocenters. The molecule has 0 radical (unpaired) electrons. The highest BCUT2D eigenvalue weighted by atomic mass is 32.2. The summed E-state index contributed by atoms with van der Waals surface area (Å²) in [7, 11) is -3.73. The lowest BCUT2D eigenvalue weighted by Crippen LogP contribution is -2.27. The summed E-state index contributed by atoms with van der Waals surface area (Å²) in [6.45, 7) is 3.31. The predicted octanol–water partition coefficient (Wildman–Crippen LogP) is 1.51. The third kappa shape index (κ3) is 3.24. The third-order valence-corrected chi connectivity index (χ3v) is 4.23. The van der Waals surface area contributed by atoms with Crippen molar-refractivity contribution in [2.45, 2.75) is 31.5 Å². The molecule has 0 fully saturated rings. The van der Waals surface area contributed by atoms with E-state index >= 15 is 0 Å². The zero-order valence-electron chi connectivity index (χ0n) is 11.2. The lowest BCUT2D eigenvalue weighted by molar-refractivity contribution is 0.281. The zero-order valence-corrected chi connectivity index (χ0v) is 12.0. The van der Waals surface area contributed by atoms with Crippen molar-refractivity contribution < 1.29 is 17.9 Å². The van der Waals surface area contributed by atoms with Crippen LogP contribution in [0.5, 0.6) is 0 Å². The van der Waals surface area contributed by atoms with E-state index in [0.717, 1.165) is 5.76 Å². The normalized spacial score (nSPS) is 13.3. The summed E-state index contributed by atoms with van der Waals surface area (Å²) in [6, 6.07) is 5.88. The second-order valence-electron chi connectivity index (χ2n) is 4.45. The Kier molecular flexibility index (Phi) is 4.22. The van der Waals surface area contributed by atoms with Crippen LogP contribution in [-0.4, -0.2) is 18.5 Å². The molecule has 0 bridgehead atoms. The summed E-state index contributed by atoms with van der Waals surface area (Å²) in [6.07, 6.45) is 1.33. The number of rotatable bonds is 5. The van der Waals surface area contributed by atoms with Gasteiger partial charge in [-0.15, -0.1) is 0 Å². The smallest absolute Gasteiger partial charge is 0.258 e. The molecule has 108 valence electrons.